The van der Waals surface area contributed by atoms with Crippen LogP contribution in [0.4, 0.5) is 10.1 Å². The molecule has 2 aliphatic carbocycles. The third-order valence-electron chi connectivity index (χ3n) is 7.69. The number of nitrogens with zero attached hydrogens (tertiary/aromatic N) is 4. The van der Waals surface area contributed by atoms with Crippen molar-refractivity contribution in [3.8, 4) is 5.88 Å². The minimum Gasteiger partial charge on any atom is -0.474 e. The van der Waals surface area contributed by atoms with Gasteiger partial charge in [-0.1, -0.05) is 11.6 Å². The second-order valence-corrected chi connectivity index (χ2v) is 11.8. The molecule has 2 aromatic heterocycles. The SMILES string of the molecule is Cn1cnc(C2C[C@@H]3CC(O)(c4cc(OCC(C)(C)O)nn4C)C[C@@H]3C2)c1C(=O)Nc1ccc(F)c(Cl)c1. The maximum absolute atomic E-state index is 13.5. The predicted molar refractivity (Wildman–Crippen MR) is 140 cm³/mol. The Bertz CT molecular complexity index is 1350. The van der Waals surface area contributed by atoms with Gasteiger partial charge in [0.25, 0.3) is 5.91 Å². The molecule has 2 unspecified atom stereocenters. The van der Waals surface area contributed by atoms with E-state index in [1.54, 1.807) is 49.6 Å². The molecular weight excluding hydrogens is 513 g/mol. The molecule has 11 heteroatoms. The van der Waals surface area contributed by atoms with Crippen LogP contribution >= 0.6 is 11.6 Å². The number of amides is 1. The number of hydrogen-bond donors (Lipinski definition) is 3. The number of fused-ring (bicyclic) bond motifs is 1. The Morgan fingerprint density at radius 3 is 2.58 bits per heavy atom. The van der Waals surface area contributed by atoms with Gasteiger partial charge in [-0.05, 0) is 69.6 Å². The maximum atomic E-state index is 13.5. The fourth-order valence-electron chi connectivity index (χ4n) is 6.08. The average Bonchev–Trinajstić information content (AvgIpc) is 3.56. The van der Waals surface area contributed by atoms with Gasteiger partial charge >= 0.3 is 0 Å². The number of benzene rings is 1. The second-order valence-electron chi connectivity index (χ2n) is 11.4. The first kappa shape index (κ1) is 26.6. The largest absolute Gasteiger partial charge is 0.474 e. The number of carbonyl (C=O) groups is 1. The standard InChI is InChI=1S/C27H33ClFN5O4/c1-26(2,36)13-38-22-10-21(34(4)32-22)27(37)11-16-7-15(8-17(16)12-27)23-24(33(3)14-30-23)25(35)31-18-5-6-20(29)19(28)9-18/h5-6,9-10,14-17,36-37H,7-8,11-13H2,1-4H3,(H,31,35)/t15?,16-,17+,27?. The Balaban J connectivity index is 1.28. The molecule has 38 heavy (non-hydrogen) atoms. The van der Waals surface area contributed by atoms with Gasteiger partial charge in [-0.25, -0.2) is 9.37 Å². The molecule has 2 aliphatic rings. The lowest BCUT2D eigenvalue weighted by Gasteiger charge is -2.24. The van der Waals surface area contributed by atoms with Gasteiger partial charge in [0.15, 0.2) is 0 Å². The van der Waals surface area contributed by atoms with Crippen LogP contribution in [0.3, 0.4) is 0 Å². The molecule has 2 saturated carbocycles. The van der Waals surface area contributed by atoms with Crippen molar-refractivity contribution in [3.05, 3.63) is 58.5 Å². The molecule has 1 amide bonds. The topological polar surface area (TPSA) is 114 Å². The molecule has 3 N–H and O–H groups in total. The molecular formula is C27H33ClFN5O4. The van der Waals surface area contributed by atoms with E-state index in [4.69, 9.17) is 16.3 Å². The molecule has 2 fully saturated rings. The number of imidazole rings is 1. The number of ether oxygens (including phenoxy) is 1. The van der Waals surface area contributed by atoms with Crippen molar-refractivity contribution in [2.24, 2.45) is 25.9 Å². The molecule has 2 heterocycles. The number of aliphatic hydroxyl groups is 2. The van der Waals surface area contributed by atoms with Crippen LogP contribution in [-0.2, 0) is 19.7 Å². The summed E-state index contributed by atoms with van der Waals surface area (Å²) in [6, 6.07) is 5.82. The summed E-state index contributed by atoms with van der Waals surface area (Å²) in [6.07, 6.45) is 4.43. The minimum absolute atomic E-state index is 0.0616. The number of hydrogen-bond acceptors (Lipinski definition) is 6. The number of nitrogens with one attached hydrogen (secondary N) is 1. The molecule has 1 aromatic carbocycles. The van der Waals surface area contributed by atoms with E-state index in [9.17, 15) is 19.4 Å². The zero-order chi connectivity index (χ0) is 27.4. The van der Waals surface area contributed by atoms with E-state index in [0.29, 0.717) is 35.8 Å². The summed E-state index contributed by atoms with van der Waals surface area (Å²) < 4.78 is 22.5. The Hall–Kier alpha value is -2.95. The van der Waals surface area contributed by atoms with Gasteiger partial charge in [-0.15, -0.1) is 5.10 Å². The van der Waals surface area contributed by atoms with Crippen molar-refractivity contribution < 1.29 is 24.1 Å². The third-order valence-corrected chi connectivity index (χ3v) is 7.98. The summed E-state index contributed by atoms with van der Waals surface area (Å²) in [6.45, 7) is 3.42. The third kappa shape index (κ3) is 5.17. The summed E-state index contributed by atoms with van der Waals surface area (Å²) >= 11 is 5.87. The van der Waals surface area contributed by atoms with Crippen molar-refractivity contribution in [2.45, 2.75) is 56.7 Å². The molecule has 4 atom stereocenters. The van der Waals surface area contributed by atoms with Crippen molar-refractivity contribution in [1.82, 2.24) is 19.3 Å². The number of aromatic nitrogens is 4. The molecule has 0 saturated heterocycles. The number of anilines is 1. The first-order valence-corrected chi connectivity index (χ1v) is 13.1. The lowest BCUT2D eigenvalue weighted by molar-refractivity contribution is 0.0261. The van der Waals surface area contributed by atoms with Crippen LogP contribution in [0.25, 0.3) is 0 Å². The highest BCUT2D eigenvalue weighted by Gasteiger charge is 2.51. The van der Waals surface area contributed by atoms with E-state index in [1.165, 1.54) is 18.2 Å². The van der Waals surface area contributed by atoms with Crippen LogP contribution in [0.1, 0.15) is 67.3 Å². The van der Waals surface area contributed by atoms with Crippen LogP contribution < -0.4 is 10.1 Å². The molecule has 5 rings (SSSR count). The van der Waals surface area contributed by atoms with Crippen molar-refractivity contribution in [2.75, 3.05) is 11.9 Å². The second kappa shape index (κ2) is 9.66. The lowest BCUT2D eigenvalue weighted by Crippen LogP contribution is -2.28. The quantitative estimate of drug-likeness (QED) is 0.411. The van der Waals surface area contributed by atoms with Crippen molar-refractivity contribution in [1.29, 1.82) is 0 Å². The normalized spacial score (nSPS) is 25.0. The molecule has 0 spiro atoms. The molecule has 204 valence electrons. The van der Waals surface area contributed by atoms with E-state index in [0.717, 1.165) is 18.5 Å². The Kier molecular flexibility index (Phi) is 6.77. The van der Waals surface area contributed by atoms with Crippen LogP contribution in [0.5, 0.6) is 5.88 Å². The van der Waals surface area contributed by atoms with Gasteiger partial charge in [0.2, 0.25) is 5.88 Å². The van der Waals surface area contributed by atoms with Gasteiger partial charge < -0.3 is 24.8 Å². The number of aryl methyl sites for hydroxylation is 2. The van der Waals surface area contributed by atoms with E-state index in [2.05, 4.69) is 15.4 Å². The molecule has 9 nitrogen and oxygen atoms in total. The fraction of sp³-hybridized carbons (Fsp3) is 0.519. The van der Waals surface area contributed by atoms with Gasteiger partial charge in [-0.3, -0.25) is 9.48 Å². The summed E-state index contributed by atoms with van der Waals surface area (Å²) in [5.41, 5.74) is 0.296. The van der Waals surface area contributed by atoms with E-state index < -0.39 is 17.0 Å². The monoisotopic (exact) mass is 545 g/mol. The van der Waals surface area contributed by atoms with Gasteiger partial charge in [0.05, 0.1) is 28.3 Å². The number of halogens is 2. The van der Waals surface area contributed by atoms with E-state index in [1.807, 2.05) is 0 Å². The van der Waals surface area contributed by atoms with Gasteiger partial charge in [-0.2, -0.15) is 0 Å². The molecule has 0 aliphatic heterocycles. The number of rotatable bonds is 7. The highest BCUT2D eigenvalue weighted by atomic mass is 35.5. The predicted octanol–water partition coefficient (Wildman–Crippen LogP) is 4.14. The minimum atomic E-state index is -1.02. The Morgan fingerprint density at radius 2 is 1.95 bits per heavy atom. The summed E-state index contributed by atoms with van der Waals surface area (Å²) in [5.74, 6) is 0.131. The van der Waals surface area contributed by atoms with Crippen molar-refractivity contribution in [3.63, 3.8) is 0 Å². The molecule has 0 bridgehead atoms. The Morgan fingerprint density at radius 1 is 1.26 bits per heavy atom. The van der Waals surface area contributed by atoms with Crippen LogP contribution in [-0.4, -0.2) is 47.7 Å². The van der Waals surface area contributed by atoms with Gasteiger partial charge in [0.1, 0.15) is 23.7 Å². The summed E-state index contributed by atoms with van der Waals surface area (Å²) in [7, 11) is 3.56. The average molecular weight is 546 g/mol. The highest BCUT2D eigenvalue weighted by molar-refractivity contribution is 6.31. The first-order valence-electron chi connectivity index (χ1n) is 12.7. The summed E-state index contributed by atoms with van der Waals surface area (Å²) in [5, 5.41) is 28.7. The lowest BCUT2D eigenvalue weighted by atomic mass is 9.90. The van der Waals surface area contributed by atoms with Crippen molar-refractivity contribution >= 4 is 23.2 Å². The maximum Gasteiger partial charge on any atom is 0.274 e. The highest BCUT2D eigenvalue weighted by Crippen LogP contribution is 2.57. The summed E-state index contributed by atoms with van der Waals surface area (Å²) in [4.78, 5) is 17.7. The fourth-order valence-corrected chi connectivity index (χ4v) is 6.26. The van der Waals surface area contributed by atoms with Gasteiger partial charge in [0, 0.05) is 31.8 Å². The van der Waals surface area contributed by atoms with E-state index >= 15 is 0 Å². The van der Waals surface area contributed by atoms with Crippen LogP contribution in [0.15, 0.2) is 30.6 Å². The zero-order valence-corrected chi connectivity index (χ0v) is 22.7. The number of carbonyl (C=O) groups excluding carboxylic acids is 1. The van der Waals surface area contributed by atoms with E-state index in [-0.39, 0.29) is 35.3 Å². The smallest absolute Gasteiger partial charge is 0.274 e. The van der Waals surface area contributed by atoms with Crippen LogP contribution in [0.2, 0.25) is 5.02 Å². The van der Waals surface area contributed by atoms with Crippen LogP contribution in [0, 0.1) is 17.7 Å². The zero-order valence-electron chi connectivity index (χ0n) is 21.9. The first-order chi connectivity index (χ1) is 17.8. The molecule has 0 radical (unpaired) electrons. The Labute approximate surface area is 225 Å². The molecule has 3 aromatic rings.